The lowest BCUT2D eigenvalue weighted by Crippen LogP contribution is -2.19. The number of aromatic hydroxyl groups is 1. The third kappa shape index (κ3) is 2.82. The van der Waals surface area contributed by atoms with E-state index in [0.29, 0.717) is 11.1 Å². The zero-order valence-electron chi connectivity index (χ0n) is 12.2. The van der Waals surface area contributed by atoms with Crippen LogP contribution in [-0.2, 0) is 11.3 Å². The maximum Gasteiger partial charge on any atom is 0.339 e. The maximum atomic E-state index is 11.8. The molecule has 0 spiro atoms. The lowest BCUT2D eigenvalue weighted by Gasteiger charge is -2.28. The number of rotatable bonds is 4. The number of carbonyl (C=O) groups is 1. The summed E-state index contributed by atoms with van der Waals surface area (Å²) in [6.45, 7) is 0. The average Bonchev–Trinajstić information content (AvgIpc) is 2.55. The van der Waals surface area contributed by atoms with Crippen LogP contribution in [0.1, 0.15) is 10.4 Å². The quantitative estimate of drug-likeness (QED) is 0.709. The zero-order chi connectivity index (χ0) is 17.3. The lowest BCUT2D eigenvalue weighted by molar-refractivity contribution is 0.0694. The van der Waals surface area contributed by atoms with Crippen molar-refractivity contribution in [2.24, 2.45) is 0 Å². The van der Waals surface area contributed by atoms with E-state index in [1.54, 1.807) is 24.3 Å². The van der Waals surface area contributed by atoms with Crippen molar-refractivity contribution in [1.29, 1.82) is 0 Å². The van der Waals surface area contributed by atoms with Crippen LogP contribution >= 0.6 is 0 Å². The highest BCUT2D eigenvalue weighted by Crippen LogP contribution is 2.35. The van der Waals surface area contributed by atoms with Crippen LogP contribution < -0.4 is 4.31 Å². The summed E-state index contributed by atoms with van der Waals surface area (Å²) in [6, 6.07) is 16.1. The van der Waals surface area contributed by atoms with Gasteiger partial charge in [-0.3, -0.25) is 8.51 Å². The van der Waals surface area contributed by atoms with Crippen molar-refractivity contribution < 1.29 is 23.8 Å². The molecule has 3 aromatic carbocycles. The highest BCUT2D eigenvalue weighted by atomic mass is 32.2. The molecular formula is C17H12NO5S-. The van der Waals surface area contributed by atoms with Crippen molar-refractivity contribution in [3.8, 4) is 5.75 Å². The Bertz CT molecular complexity index is 951. The van der Waals surface area contributed by atoms with E-state index in [4.69, 9.17) is 5.11 Å². The van der Waals surface area contributed by atoms with Gasteiger partial charge in [0.2, 0.25) is 0 Å². The van der Waals surface area contributed by atoms with E-state index >= 15 is 0 Å². The van der Waals surface area contributed by atoms with Crippen molar-refractivity contribution in [3.63, 3.8) is 0 Å². The largest absolute Gasteiger partial charge is 0.755 e. The average molecular weight is 342 g/mol. The monoisotopic (exact) mass is 342 g/mol. The van der Waals surface area contributed by atoms with E-state index in [-0.39, 0.29) is 11.3 Å². The summed E-state index contributed by atoms with van der Waals surface area (Å²) in [4.78, 5) is 11.0. The topological polar surface area (TPSA) is 101 Å². The predicted octanol–water partition coefficient (Wildman–Crippen LogP) is 3.18. The van der Waals surface area contributed by atoms with Gasteiger partial charge in [0.15, 0.2) is 0 Å². The van der Waals surface area contributed by atoms with Crippen LogP contribution in [0.2, 0.25) is 0 Å². The minimum absolute atomic E-state index is 0.141. The van der Waals surface area contributed by atoms with Gasteiger partial charge >= 0.3 is 5.97 Å². The Morgan fingerprint density at radius 3 is 2.42 bits per heavy atom. The molecule has 0 aliphatic heterocycles. The number of carboxylic acid groups (broad SMARTS) is 1. The van der Waals surface area contributed by atoms with Gasteiger partial charge in [0, 0.05) is 11.5 Å². The van der Waals surface area contributed by atoms with Gasteiger partial charge < -0.3 is 14.8 Å². The summed E-state index contributed by atoms with van der Waals surface area (Å²) < 4.78 is 24.6. The molecule has 0 fully saturated rings. The van der Waals surface area contributed by atoms with Gasteiger partial charge in [-0.15, -0.1) is 0 Å². The molecule has 0 saturated heterocycles. The van der Waals surface area contributed by atoms with E-state index in [1.165, 1.54) is 6.07 Å². The number of hydrogen-bond acceptors (Lipinski definition) is 4. The van der Waals surface area contributed by atoms with Crippen LogP contribution in [0.15, 0.2) is 60.7 Å². The van der Waals surface area contributed by atoms with Crippen LogP contribution in [0.5, 0.6) is 5.75 Å². The molecule has 0 amide bonds. The van der Waals surface area contributed by atoms with Crippen LogP contribution in [0.25, 0.3) is 10.8 Å². The molecule has 24 heavy (non-hydrogen) atoms. The normalized spacial score (nSPS) is 12.0. The fraction of sp³-hybridized carbons (Fsp3) is 0. The van der Waals surface area contributed by atoms with E-state index in [1.807, 2.05) is 18.2 Å². The minimum atomic E-state index is -2.66. The number of anilines is 2. The molecule has 0 aliphatic rings. The molecule has 3 aromatic rings. The van der Waals surface area contributed by atoms with Crippen molar-refractivity contribution in [1.82, 2.24) is 0 Å². The van der Waals surface area contributed by atoms with Crippen LogP contribution in [0, 0.1) is 0 Å². The molecule has 0 aliphatic carbocycles. The van der Waals surface area contributed by atoms with E-state index < -0.39 is 23.0 Å². The number of fused-ring (bicyclic) bond motifs is 1. The summed E-state index contributed by atoms with van der Waals surface area (Å²) >= 11 is -2.66. The molecule has 6 nitrogen and oxygen atoms in total. The van der Waals surface area contributed by atoms with Crippen molar-refractivity contribution in [2.75, 3.05) is 4.31 Å². The smallest absolute Gasteiger partial charge is 0.339 e. The number of hydrogen-bond donors (Lipinski definition) is 2. The molecule has 0 bridgehead atoms. The Hall–Kier alpha value is -2.90. The predicted molar refractivity (Wildman–Crippen MR) is 90.1 cm³/mol. The number of carboxylic acids is 1. The van der Waals surface area contributed by atoms with Crippen LogP contribution in [-0.4, -0.2) is 24.9 Å². The van der Waals surface area contributed by atoms with E-state index in [2.05, 4.69) is 0 Å². The number of aromatic carboxylic acids is 1. The summed E-state index contributed by atoms with van der Waals surface area (Å²) in [5.74, 6) is -1.80. The molecule has 2 N–H and O–H groups in total. The maximum absolute atomic E-state index is 11.8. The molecule has 1 unspecified atom stereocenters. The third-order valence-corrected chi connectivity index (χ3v) is 4.29. The first kappa shape index (κ1) is 16.0. The van der Waals surface area contributed by atoms with Gasteiger partial charge in [0.05, 0.1) is 22.6 Å². The highest BCUT2D eigenvalue weighted by molar-refractivity contribution is 7.81. The molecule has 7 heteroatoms. The second-order valence-electron chi connectivity index (χ2n) is 5.02. The van der Waals surface area contributed by atoms with Gasteiger partial charge in [-0.05, 0) is 23.6 Å². The lowest BCUT2D eigenvalue weighted by atomic mass is 10.1. The first-order valence-electron chi connectivity index (χ1n) is 6.92. The molecule has 3 rings (SSSR count). The molecule has 122 valence electrons. The van der Waals surface area contributed by atoms with Gasteiger partial charge in [-0.25, -0.2) is 4.79 Å². The third-order valence-electron chi connectivity index (χ3n) is 3.58. The fourth-order valence-electron chi connectivity index (χ4n) is 2.52. The fourth-order valence-corrected chi connectivity index (χ4v) is 3.12. The first-order chi connectivity index (χ1) is 11.5. The Kier molecular flexibility index (Phi) is 4.20. The number of benzene rings is 3. The summed E-state index contributed by atoms with van der Waals surface area (Å²) in [7, 11) is 0. The number of nitrogens with zero attached hydrogens (tertiary/aromatic N) is 1. The van der Waals surface area contributed by atoms with E-state index in [0.717, 1.165) is 21.8 Å². The number of phenols is 1. The molecular weight excluding hydrogens is 330 g/mol. The minimum Gasteiger partial charge on any atom is -0.755 e. The van der Waals surface area contributed by atoms with Crippen molar-refractivity contribution in [2.45, 2.75) is 0 Å². The van der Waals surface area contributed by atoms with Gasteiger partial charge in [0.25, 0.3) is 0 Å². The van der Waals surface area contributed by atoms with Crippen LogP contribution in [0.3, 0.4) is 0 Å². The second kappa shape index (κ2) is 6.31. The molecule has 0 saturated carbocycles. The molecule has 0 heterocycles. The van der Waals surface area contributed by atoms with Crippen LogP contribution in [0.4, 0.5) is 11.4 Å². The second-order valence-corrected chi connectivity index (χ2v) is 5.82. The Morgan fingerprint density at radius 2 is 1.75 bits per heavy atom. The Morgan fingerprint density at radius 1 is 1.04 bits per heavy atom. The molecule has 0 aromatic heterocycles. The summed E-state index contributed by atoms with van der Waals surface area (Å²) in [5.41, 5.74) is 0.249. The summed E-state index contributed by atoms with van der Waals surface area (Å²) in [5, 5.41) is 20.4. The molecule has 0 radical (unpaired) electrons. The van der Waals surface area contributed by atoms with Gasteiger partial charge in [-0.2, -0.15) is 0 Å². The van der Waals surface area contributed by atoms with E-state index in [9.17, 15) is 18.7 Å². The first-order valence-corrected chi connectivity index (χ1v) is 7.96. The SMILES string of the molecule is O=C(O)c1ccc(N(c2cccc3ccccc23)S(=O)[O-])cc1O. The standard InChI is InChI=1S/C17H13NO5S/c19-16-10-12(8-9-14(16)17(20)21)18(24(22)23)15-7-3-5-11-4-1-2-6-13(11)15/h1-10,19H,(H,20,21)(H,22,23)/p-1. The van der Waals surface area contributed by atoms with Gasteiger partial charge in [-0.1, -0.05) is 36.4 Å². The Labute approximate surface area is 140 Å². The van der Waals surface area contributed by atoms with Gasteiger partial charge in [0.1, 0.15) is 11.3 Å². The Balaban J connectivity index is 2.19. The molecule has 1 atom stereocenters. The van der Waals surface area contributed by atoms with Crippen molar-refractivity contribution in [3.05, 3.63) is 66.2 Å². The highest BCUT2D eigenvalue weighted by Gasteiger charge is 2.17. The summed E-state index contributed by atoms with van der Waals surface area (Å²) in [6.07, 6.45) is 0. The van der Waals surface area contributed by atoms with Crippen molar-refractivity contribution >= 4 is 39.4 Å². The zero-order valence-corrected chi connectivity index (χ0v) is 13.1.